The highest BCUT2D eigenvalue weighted by Gasteiger charge is 2.15. The molecule has 0 saturated heterocycles. The van der Waals surface area contributed by atoms with Crippen LogP contribution in [0.25, 0.3) is 0 Å². The zero-order valence-corrected chi connectivity index (χ0v) is 7.14. The van der Waals surface area contributed by atoms with Crippen LogP contribution < -0.4 is 5.43 Å². The first-order valence-electron chi connectivity index (χ1n) is 2.94. The van der Waals surface area contributed by atoms with E-state index in [1.165, 1.54) is 0 Å². The summed E-state index contributed by atoms with van der Waals surface area (Å²) in [6, 6.07) is 0.512. The van der Waals surface area contributed by atoms with Crippen molar-refractivity contribution in [1.82, 2.24) is 10.3 Å². The highest BCUT2D eigenvalue weighted by atomic mass is 79.9. The van der Waals surface area contributed by atoms with Gasteiger partial charge < -0.3 is 4.90 Å². The lowest BCUT2D eigenvalue weighted by atomic mass is 10.4. The largest absolute Gasteiger partial charge is 0.328 e. The fourth-order valence-electron chi connectivity index (χ4n) is 0.702. The Labute approximate surface area is 63.2 Å². The average Bonchev–Trinajstić information content (AvgIpc) is 2.13. The Morgan fingerprint density at radius 2 is 2.44 bits per heavy atom. The molecule has 0 bridgehead atoms. The molecule has 1 rings (SSSR count). The molecule has 0 amide bonds. The SMILES string of the molecule is CC(C)N1CNN=C1Br. The Bertz CT molecular complexity index is 132. The molecule has 3 nitrogen and oxygen atoms in total. The molecule has 1 aliphatic heterocycles. The molecule has 9 heavy (non-hydrogen) atoms. The zero-order chi connectivity index (χ0) is 6.85. The summed E-state index contributed by atoms with van der Waals surface area (Å²) in [5.74, 6) is 0. The molecule has 0 atom stereocenters. The van der Waals surface area contributed by atoms with Gasteiger partial charge in [0.25, 0.3) is 0 Å². The van der Waals surface area contributed by atoms with E-state index in [0.29, 0.717) is 6.04 Å². The topological polar surface area (TPSA) is 27.6 Å². The van der Waals surface area contributed by atoms with Crippen molar-refractivity contribution in [3.05, 3.63) is 0 Å². The van der Waals surface area contributed by atoms with Gasteiger partial charge in [-0.2, -0.15) is 5.10 Å². The van der Waals surface area contributed by atoms with Crippen molar-refractivity contribution < 1.29 is 0 Å². The quantitative estimate of drug-likeness (QED) is 0.625. The van der Waals surface area contributed by atoms with Gasteiger partial charge in [0.1, 0.15) is 6.67 Å². The van der Waals surface area contributed by atoms with E-state index in [0.717, 1.165) is 11.4 Å². The Hall–Kier alpha value is -0.250. The van der Waals surface area contributed by atoms with Crippen molar-refractivity contribution in [2.24, 2.45) is 5.10 Å². The average molecular weight is 192 g/mol. The smallest absolute Gasteiger partial charge is 0.193 e. The maximum Gasteiger partial charge on any atom is 0.193 e. The van der Waals surface area contributed by atoms with Crippen LogP contribution in [0.5, 0.6) is 0 Å². The van der Waals surface area contributed by atoms with Gasteiger partial charge in [0.15, 0.2) is 4.74 Å². The molecule has 0 unspecified atom stereocenters. The van der Waals surface area contributed by atoms with Crippen LogP contribution in [-0.4, -0.2) is 22.4 Å². The van der Waals surface area contributed by atoms with E-state index in [4.69, 9.17) is 0 Å². The van der Waals surface area contributed by atoms with Gasteiger partial charge in [0.05, 0.1) is 0 Å². The van der Waals surface area contributed by atoms with E-state index in [1.807, 2.05) is 0 Å². The second kappa shape index (κ2) is 2.56. The van der Waals surface area contributed by atoms with Crippen molar-refractivity contribution in [3.8, 4) is 0 Å². The monoisotopic (exact) mass is 191 g/mol. The molecule has 1 N–H and O–H groups in total. The summed E-state index contributed by atoms with van der Waals surface area (Å²) in [6.07, 6.45) is 0. The van der Waals surface area contributed by atoms with Crippen LogP contribution in [0.2, 0.25) is 0 Å². The molecule has 0 fully saturated rings. The van der Waals surface area contributed by atoms with Crippen LogP contribution >= 0.6 is 15.9 Å². The molecule has 0 aromatic carbocycles. The van der Waals surface area contributed by atoms with Crippen molar-refractivity contribution in [1.29, 1.82) is 0 Å². The number of amidine groups is 1. The van der Waals surface area contributed by atoms with E-state index < -0.39 is 0 Å². The van der Waals surface area contributed by atoms with Gasteiger partial charge in [-0.15, -0.1) is 0 Å². The fourth-order valence-corrected chi connectivity index (χ4v) is 1.36. The lowest BCUT2D eigenvalue weighted by molar-refractivity contribution is 0.362. The highest BCUT2D eigenvalue weighted by molar-refractivity contribution is 9.18. The van der Waals surface area contributed by atoms with Crippen LogP contribution in [0.3, 0.4) is 0 Å². The first kappa shape index (κ1) is 6.86. The maximum absolute atomic E-state index is 3.95. The van der Waals surface area contributed by atoms with Gasteiger partial charge in [-0.1, -0.05) is 0 Å². The number of hydrazone groups is 1. The summed E-state index contributed by atoms with van der Waals surface area (Å²) >= 11 is 3.32. The molecule has 0 spiro atoms. The molecular weight excluding hydrogens is 182 g/mol. The molecular formula is C5H10BrN3. The van der Waals surface area contributed by atoms with E-state index in [9.17, 15) is 0 Å². The van der Waals surface area contributed by atoms with E-state index in [-0.39, 0.29) is 0 Å². The maximum atomic E-state index is 3.95. The number of nitrogens with one attached hydrogen (secondary N) is 1. The van der Waals surface area contributed by atoms with Crippen LogP contribution in [0.15, 0.2) is 5.10 Å². The minimum Gasteiger partial charge on any atom is -0.328 e. The molecule has 52 valence electrons. The number of rotatable bonds is 1. The van der Waals surface area contributed by atoms with Crippen LogP contribution in [-0.2, 0) is 0 Å². The molecule has 1 aliphatic rings. The standard InChI is InChI=1S/C5H10BrN3/c1-4(2)9-3-7-8-5(9)6/h4,7H,3H2,1-2H3. The van der Waals surface area contributed by atoms with Crippen LogP contribution in [0, 0.1) is 0 Å². The molecule has 4 heteroatoms. The molecule has 0 aliphatic carbocycles. The van der Waals surface area contributed by atoms with Gasteiger partial charge in [-0.3, -0.25) is 5.43 Å². The molecule has 0 radical (unpaired) electrons. The Balaban J connectivity index is 2.53. The summed E-state index contributed by atoms with van der Waals surface area (Å²) in [5.41, 5.74) is 2.87. The third-order valence-corrected chi connectivity index (χ3v) is 1.91. The number of halogens is 1. The summed E-state index contributed by atoms with van der Waals surface area (Å²) in [6.45, 7) is 5.08. The second-order valence-electron chi connectivity index (χ2n) is 2.26. The van der Waals surface area contributed by atoms with Gasteiger partial charge >= 0.3 is 0 Å². The molecule has 1 heterocycles. The van der Waals surface area contributed by atoms with Crippen molar-refractivity contribution in [2.45, 2.75) is 19.9 Å². The summed E-state index contributed by atoms with van der Waals surface area (Å²) in [4.78, 5) is 2.12. The van der Waals surface area contributed by atoms with E-state index in [2.05, 4.69) is 45.2 Å². The van der Waals surface area contributed by atoms with Gasteiger partial charge in [0.2, 0.25) is 0 Å². The Kier molecular flexibility index (Phi) is 1.95. The van der Waals surface area contributed by atoms with Gasteiger partial charge in [0, 0.05) is 6.04 Å². The van der Waals surface area contributed by atoms with Gasteiger partial charge in [-0.25, -0.2) is 0 Å². The summed E-state index contributed by atoms with van der Waals surface area (Å²) in [7, 11) is 0. The minimum absolute atomic E-state index is 0.512. The number of hydrogen-bond donors (Lipinski definition) is 1. The van der Waals surface area contributed by atoms with E-state index in [1.54, 1.807) is 0 Å². The Morgan fingerprint density at radius 3 is 2.67 bits per heavy atom. The first-order valence-corrected chi connectivity index (χ1v) is 3.74. The molecule has 0 saturated carbocycles. The lowest BCUT2D eigenvalue weighted by Crippen LogP contribution is -2.32. The second-order valence-corrected chi connectivity index (χ2v) is 2.97. The normalized spacial score (nSPS) is 18.2. The first-order chi connectivity index (χ1) is 4.22. The highest BCUT2D eigenvalue weighted by Crippen LogP contribution is 2.07. The zero-order valence-electron chi connectivity index (χ0n) is 5.56. The number of hydrogen-bond acceptors (Lipinski definition) is 3. The molecule has 0 aromatic heterocycles. The molecule has 0 aromatic rings. The third-order valence-electron chi connectivity index (χ3n) is 1.27. The fraction of sp³-hybridized carbons (Fsp3) is 0.800. The van der Waals surface area contributed by atoms with Crippen molar-refractivity contribution in [2.75, 3.05) is 6.67 Å². The number of nitrogens with zero attached hydrogens (tertiary/aromatic N) is 2. The van der Waals surface area contributed by atoms with Crippen molar-refractivity contribution >= 4 is 20.7 Å². The minimum atomic E-state index is 0.512. The third kappa shape index (κ3) is 1.36. The summed E-state index contributed by atoms with van der Waals surface area (Å²) < 4.78 is 0.900. The van der Waals surface area contributed by atoms with Gasteiger partial charge in [-0.05, 0) is 29.8 Å². The lowest BCUT2D eigenvalue weighted by Gasteiger charge is -2.19. The predicted octanol–water partition coefficient (Wildman–Crippen LogP) is 0.923. The predicted molar refractivity (Wildman–Crippen MR) is 41.3 cm³/mol. The summed E-state index contributed by atoms with van der Waals surface area (Å²) in [5, 5.41) is 3.95. The Morgan fingerprint density at radius 1 is 1.78 bits per heavy atom. The van der Waals surface area contributed by atoms with Crippen molar-refractivity contribution in [3.63, 3.8) is 0 Å². The van der Waals surface area contributed by atoms with Crippen LogP contribution in [0.4, 0.5) is 0 Å². The van der Waals surface area contributed by atoms with Crippen LogP contribution in [0.1, 0.15) is 13.8 Å². The van der Waals surface area contributed by atoms with E-state index >= 15 is 0 Å².